The summed E-state index contributed by atoms with van der Waals surface area (Å²) in [4.78, 5) is 11.6. The molecule has 114 valence electrons. The van der Waals surface area contributed by atoms with Crippen molar-refractivity contribution in [3.05, 3.63) is 54.3 Å². The molecule has 22 heavy (non-hydrogen) atoms. The van der Waals surface area contributed by atoms with Gasteiger partial charge >= 0.3 is 6.03 Å². The second-order valence-electron chi connectivity index (χ2n) is 4.06. The lowest BCUT2D eigenvalue weighted by molar-refractivity contribution is 0.247. The lowest BCUT2D eigenvalue weighted by Crippen LogP contribution is -2.37. The Morgan fingerprint density at radius 2 is 1.41 bits per heavy atom. The number of nitrogens with one attached hydrogen (secondary N) is 2. The van der Waals surface area contributed by atoms with Crippen molar-refractivity contribution in [2.45, 2.75) is 0 Å². The standard InChI is InChI=1S/C13H8Br4N4O/c14-7-1-3-11(9(16)5-7)21(20-13(22)19-18)12-4-2-8(15)6-10(12)17/h1-6,18H,(H,20,22). The van der Waals surface area contributed by atoms with E-state index in [2.05, 4.69) is 74.3 Å². The highest BCUT2D eigenvalue weighted by Crippen LogP contribution is 2.37. The molecule has 0 aliphatic carbocycles. The number of halogens is 4. The summed E-state index contributed by atoms with van der Waals surface area (Å²) >= 11 is 13.7. The van der Waals surface area contributed by atoms with Crippen LogP contribution in [0.1, 0.15) is 0 Å². The van der Waals surface area contributed by atoms with Gasteiger partial charge in [-0.15, -0.1) is 0 Å². The Bertz CT molecular complexity index is 686. The molecule has 0 aromatic heterocycles. The molecule has 0 unspecified atom stereocenters. The highest BCUT2D eigenvalue weighted by atomic mass is 79.9. The third-order valence-corrected chi connectivity index (χ3v) is 4.87. The van der Waals surface area contributed by atoms with Crippen molar-refractivity contribution in [2.75, 3.05) is 5.01 Å². The smallest absolute Gasteiger partial charge is 0.250 e. The summed E-state index contributed by atoms with van der Waals surface area (Å²) in [6.07, 6.45) is 0. The zero-order valence-corrected chi connectivity index (χ0v) is 17.1. The average molecular weight is 556 g/mol. The molecule has 0 heterocycles. The van der Waals surface area contributed by atoms with E-state index >= 15 is 0 Å². The first-order chi connectivity index (χ1) is 10.4. The molecule has 0 bridgehead atoms. The van der Waals surface area contributed by atoms with Gasteiger partial charge in [-0.2, -0.15) is 5.53 Å². The largest absolute Gasteiger partial charge is 0.378 e. The maximum Gasteiger partial charge on any atom is 0.378 e. The van der Waals surface area contributed by atoms with Gasteiger partial charge in [-0.3, -0.25) is 0 Å². The fourth-order valence-electron chi connectivity index (χ4n) is 1.70. The second kappa shape index (κ2) is 7.67. The molecule has 0 aliphatic rings. The quantitative estimate of drug-likeness (QED) is 0.334. The van der Waals surface area contributed by atoms with Crippen LogP contribution in [-0.4, -0.2) is 6.03 Å². The number of hydrogen-bond donors (Lipinski definition) is 2. The van der Waals surface area contributed by atoms with E-state index in [1.165, 1.54) is 0 Å². The summed E-state index contributed by atoms with van der Waals surface area (Å²) in [6.45, 7) is 0. The minimum absolute atomic E-state index is 0.697. The SMILES string of the molecule is N=NC(=O)NN(c1ccc(Br)cc1Br)c1ccc(Br)cc1Br. The zero-order chi connectivity index (χ0) is 16.3. The molecule has 2 N–H and O–H groups in total. The molecular formula is C13H8Br4N4O. The van der Waals surface area contributed by atoms with Gasteiger partial charge in [0.1, 0.15) is 0 Å². The molecule has 0 radical (unpaired) electrons. The Morgan fingerprint density at radius 3 is 1.77 bits per heavy atom. The van der Waals surface area contributed by atoms with Gasteiger partial charge in [0.05, 0.1) is 11.4 Å². The fourth-order valence-corrected chi connectivity index (χ4v) is 4.14. The molecule has 2 amide bonds. The van der Waals surface area contributed by atoms with Gasteiger partial charge in [0.15, 0.2) is 0 Å². The molecule has 9 heteroatoms. The molecule has 0 fully saturated rings. The van der Waals surface area contributed by atoms with Crippen LogP contribution in [-0.2, 0) is 0 Å². The molecule has 0 aliphatic heterocycles. The third-order valence-electron chi connectivity index (χ3n) is 2.61. The number of hydrogen-bond acceptors (Lipinski definition) is 3. The Hall–Kier alpha value is -0.770. The van der Waals surface area contributed by atoms with Gasteiger partial charge in [-0.1, -0.05) is 37.0 Å². The number of rotatable bonds is 3. The van der Waals surface area contributed by atoms with Crippen LogP contribution in [0.5, 0.6) is 0 Å². The van der Waals surface area contributed by atoms with E-state index in [0.717, 1.165) is 17.9 Å². The van der Waals surface area contributed by atoms with Crippen LogP contribution in [0.4, 0.5) is 16.2 Å². The van der Waals surface area contributed by atoms with Crippen LogP contribution in [0.2, 0.25) is 0 Å². The van der Waals surface area contributed by atoms with Gasteiger partial charge < -0.3 is 0 Å². The first kappa shape index (κ1) is 17.6. The summed E-state index contributed by atoms with van der Waals surface area (Å²) in [5, 5.41) is 4.43. The summed E-state index contributed by atoms with van der Waals surface area (Å²) in [5.41, 5.74) is 10.8. The maximum absolute atomic E-state index is 11.6. The van der Waals surface area contributed by atoms with Crippen molar-refractivity contribution >= 4 is 81.1 Å². The lowest BCUT2D eigenvalue weighted by Gasteiger charge is -2.26. The van der Waals surface area contributed by atoms with E-state index in [4.69, 9.17) is 5.53 Å². The number of carbonyl (C=O) groups excluding carboxylic acids is 1. The van der Waals surface area contributed by atoms with Crippen molar-refractivity contribution in [1.29, 1.82) is 5.53 Å². The van der Waals surface area contributed by atoms with Gasteiger partial charge in [0.2, 0.25) is 0 Å². The Labute approximate surface area is 160 Å². The first-order valence-electron chi connectivity index (χ1n) is 5.80. The lowest BCUT2D eigenvalue weighted by atomic mass is 10.2. The van der Waals surface area contributed by atoms with Crippen LogP contribution >= 0.6 is 63.7 Å². The highest BCUT2D eigenvalue weighted by Gasteiger charge is 2.18. The van der Waals surface area contributed by atoms with E-state index in [1.54, 1.807) is 5.01 Å². The van der Waals surface area contributed by atoms with Crippen molar-refractivity contribution in [3.8, 4) is 0 Å². The van der Waals surface area contributed by atoms with Gasteiger partial charge in [-0.05, 0) is 68.3 Å². The van der Waals surface area contributed by atoms with E-state index in [-0.39, 0.29) is 0 Å². The fraction of sp³-hybridized carbons (Fsp3) is 0. The molecule has 2 aromatic rings. The van der Waals surface area contributed by atoms with Crippen molar-refractivity contribution in [1.82, 2.24) is 5.43 Å². The summed E-state index contributed by atoms with van der Waals surface area (Å²) in [7, 11) is 0. The van der Waals surface area contributed by atoms with Gasteiger partial charge in [0, 0.05) is 17.9 Å². The van der Waals surface area contributed by atoms with Crippen LogP contribution in [0.3, 0.4) is 0 Å². The summed E-state index contributed by atoms with van der Waals surface area (Å²) < 4.78 is 3.33. The number of anilines is 2. The molecule has 5 nitrogen and oxygen atoms in total. The second-order valence-corrected chi connectivity index (χ2v) is 7.60. The number of hydrazine groups is 1. The topological polar surface area (TPSA) is 68.5 Å². The monoisotopic (exact) mass is 552 g/mol. The van der Waals surface area contributed by atoms with E-state index < -0.39 is 6.03 Å². The Kier molecular flexibility index (Phi) is 6.13. The first-order valence-corrected chi connectivity index (χ1v) is 8.98. The van der Waals surface area contributed by atoms with Gasteiger partial charge in [0.25, 0.3) is 0 Å². The average Bonchev–Trinajstić information content (AvgIpc) is 2.45. The highest BCUT2D eigenvalue weighted by molar-refractivity contribution is 9.11. The molecule has 0 atom stereocenters. The van der Waals surface area contributed by atoms with Crippen molar-refractivity contribution < 1.29 is 4.79 Å². The predicted octanol–water partition coefficient (Wildman–Crippen LogP) is 6.53. The normalized spacial score (nSPS) is 10.2. The minimum Gasteiger partial charge on any atom is -0.250 e. The van der Waals surface area contributed by atoms with Gasteiger partial charge in [-0.25, -0.2) is 15.2 Å². The zero-order valence-electron chi connectivity index (χ0n) is 10.8. The van der Waals surface area contributed by atoms with E-state index in [0.29, 0.717) is 11.4 Å². The number of amides is 2. The van der Waals surface area contributed by atoms with Crippen molar-refractivity contribution in [2.24, 2.45) is 5.11 Å². The number of carbonyl (C=O) groups is 1. The van der Waals surface area contributed by atoms with Crippen LogP contribution in [0, 0.1) is 5.53 Å². The minimum atomic E-state index is -0.773. The van der Waals surface area contributed by atoms with E-state index in [9.17, 15) is 4.79 Å². The number of benzene rings is 2. The summed E-state index contributed by atoms with van der Waals surface area (Å²) in [6, 6.07) is 10.3. The van der Waals surface area contributed by atoms with Crippen LogP contribution in [0.15, 0.2) is 59.4 Å². The molecule has 2 aromatic carbocycles. The maximum atomic E-state index is 11.6. The van der Waals surface area contributed by atoms with Crippen LogP contribution in [0.25, 0.3) is 0 Å². The molecular weight excluding hydrogens is 548 g/mol. The third kappa shape index (κ3) is 4.15. The molecule has 0 spiro atoms. The predicted molar refractivity (Wildman–Crippen MR) is 99.5 cm³/mol. The van der Waals surface area contributed by atoms with Crippen LogP contribution < -0.4 is 10.4 Å². The molecule has 0 saturated carbocycles. The molecule has 0 saturated heterocycles. The van der Waals surface area contributed by atoms with Crippen molar-refractivity contribution in [3.63, 3.8) is 0 Å². The Morgan fingerprint density at radius 1 is 0.955 bits per heavy atom. The molecule has 2 rings (SSSR count). The van der Waals surface area contributed by atoms with E-state index in [1.807, 2.05) is 36.4 Å². The summed E-state index contributed by atoms with van der Waals surface area (Å²) in [5.74, 6) is 0. The number of urea groups is 1. The Balaban J connectivity index is 2.55. The number of nitrogens with zero attached hydrogens (tertiary/aromatic N) is 2.